The molecule has 1 aromatic carbocycles. The molecule has 0 amide bonds. The molecule has 0 unspecified atom stereocenters. The van der Waals surface area contributed by atoms with Gasteiger partial charge in [-0.1, -0.05) is 35.9 Å². The molecule has 3 atom stereocenters. The average Bonchev–Trinajstić information content (AvgIpc) is 3.09. The van der Waals surface area contributed by atoms with Crippen LogP contribution in [0.1, 0.15) is 23.7 Å². The number of para-hydroxylation sites is 1. The van der Waals surface area contributed by atoms with E-state index in [1.165, 1.54) is 24.3 Å². The first kappa shape index (κ1) is 17.9. The molecule has 2 aromatic rings. The van der Waals surface area contributed by atoms with Crippen LogP contribution in [0.4, 0.5) is 0 Å². The summed E-state index contributed by atoms with van der Waals surface area (Å²) in [6.45, 7) is 5.88. The van der Waals surface area contributed by atoms with Gasteiger partial charge in [-0.3, -0.25) is 4.90 Å². The van der Waals surface area contributed by atoms with Gasteiger partial charge in [0.25, 0.3) is 0 Å². The Bertz CT molecular complexity index is 898. The third kappa shape index (κ3) is 2.96. The van der Waals surface area contributed by atoms with Crippen molar-refractivity contribution in [2.75, 3.05) is 27.3 Å². The summed E-state index contributed by atoms with van der Waals surface area (Å²) in [6.07, 6.45) is 5.30. The molecule has 2 aliphatic rings. The third-order valence-corrected chi connectivity index (χ3v) is 5.99. The number of carbonyl (C=O) groups excluding carboxylic acids is 1. The van der Waals surface area contributed by atoms with Crippen molar-refractivity contribution in [1.29, 1.82) is 0 Å². The maximum atomic E-state index is 12.4. The number of ether oxygens (including phenoxy) is 2. The normalized spacial score (nSPS) is 25.6. The van der Waals surface area contributed by atoms with E-state index >= 15 is 0 Å². The predicted octanol–water partition coefficient (Wildman–Crippen LogP) is 3.22. The number of methoxy groups -OCH3 is 2. The van der Waals surface area contributed by atoms with Gasteiger partial charge in [-0.05, 0) is 24.1 Å². The quantitative estimate of drug-likeness (QED) is 0.360. The van der Waals surface area contributed by atoms with Crippen molar-refractivity contribution >= 4 is 16.9 Å². The van der Waals surface area contributed by atoms with Crippen LogP contribution in [0.5, 0.6) is 0 Å². The van der Waals surface area contributed by atoms with Crippen LogP contribution in [0.25, 0.3) is 10.9 Å². The summed E-state index contributed by atoms with van der Waals surface area (Å²) in [5, 5.41) is 1.26. The lowest BCUT2D eigenvalue weighted by Crippen LogP contribution is -2.46. The van der Waals surface area contributed by atoms with Gasteiger partial charge in [0.1, 0.15) is 0 Å². The maximum absolute atomic E-state index is 12.4. The van der Waals surface area contributed by atoms with E-state index < -0.39 is 0 Å². The Balaban J connectivity index is 1.74. The number of rotatable bonds is 4. The summed E-state index contributed by atoms with van der Waals surface area (Å²) in [5.74, 6) is -0.159. The number of fused-ring (bicyclic) bond motifs is 5. The number of piperidine rings is 1. The fourth-order valence-corrected chi connectivity index (χ4v) is 4.70. The van der Waals surface area contributed by atoms with E-state index in [0.717, 1.165) is 37.1 Å². The molecule has 3 heterocycles. The smallest absolute Gasteiger partial charge is 0.337 e. The molecule has 142 valence electrons. The lowest BCUT2D eigenvalue weighted by atomic mass is 9.75. The summed E-state index contributed by atoms with van der Waals surface area (Å²) in [5.41, 5.74) is 4.16. The first-order chi connectivity index (χ1) is 13.2. The molecule has 0 saturated carbocycles. The van der Waals surface area contributed by atoms with Crippen LogP contribution in [-0.2, 0) is 20.7 Å². The number of hydrogen-bond acceptors (Lipinski definition) is 4. The summed E-state index contributed by atoms with van der Waals surface area (Å²) in [7, 11) is 2.97. The Hall–Kier alpha value is -2.53. The van der Waals surface area contributed by atoms with Crippen molar-refractivity contribution in [2.45, 2.75) is 18.9 Å². The molecule has 2 aliphatic heterocycles. The molecule has 5 heteroatoms. The molecule has 0 N–H and O–H groups in total. The molecule has 5 nitrogen and oxygen atoms in total. The summed E-state index contributed by atoms with van der Waals surface area (Å²) in [4.78, 5) is 19.8. The molecule has 0 radical (unpaired) electrons. The van der Waals surface area contributed by atoms with Gasteiger partial charge in [0.15, 0.2) is 0 Å². The van der Waals surface area contributed by atoms with Gasteiger partial charge in [-0.15, -0.1) is 17.8 Å². The fraction of sp³-hybridized carbons (Fsp3) is 0.409. The van der Waals surface area contributed by atoms with E-state index in [-0.39, 0.29) is 23.8 Å². The summed E-state index contributed by atoms with van der Waals surface area (Å²) >= 11 is 0. The van der Waals surface area contributed by atoms with Crippen LogP contribution >= 0.6 is 0 Å². The number of esters is 1. The highest BCUT2D eigenvalue weighted by Crippen LogP contribution is 2.45. The van der Waals surface area contributed by atoms with Gasteiger partial charge < -0.3 is 14.5 Å². The minimum absolute atomic E-state index is 0.00177. The second-order valence-corrected chi connectivity index (χ2v) is 7.30. The second-order valence-electron chi connectivity index (χ2n) is 7.30. The van der Waals surface area contributed by atoms with Crippen LogP contribution in [-0.4, -0.2) is 38.2 Å². The average molecular weight is 365 g/mol. The van der Waals surface area contributed by atoms with E-state index in [1.54, 1.807) is 7.11 Å². The molecule has 1 aromatic heterocycles. The zero-order chi connectivity index (χ0) is 19.0. The van der Waals surface area contributed by atoms with Crippen molar-refractivity contribution in [1.82, 2.24) is 9.88 Å². The Morgan fingerprint density at radius 3 is 2.89 bits per heavy atom. The number of hydrogen-bond donors (Lipinski definition) is 0. The standard InChI is InChI=1S/C22H25N2O3/c1-4-14-12-24-10-9-16-15-7-5-6-8-19(15)23-21(16)20(24)11-17(14)18(13-26-2)22(25)27-3/h4-8,13-14,17,20H,1,9-12H2,2-3H3/q-1/b18-13+/t14-,17-,20+/m0/s1. The molecule has 27 heavy (non-hydrogen) atoms. The van der Waals surface area contributed by atoms with E-state index in [1.807, 2.05) is 12.1 Å². The fourth-order valence-electron chi connectivity index (χ4n) is 4.70. The number of aromatic nitrogens is 1. The van der Waals surface area contributed by atoms with Gasteiger partial charge in [0.2, 0.25) is 0 Å². The van der Waals surface area contributed by atoms with E-state index in [0.29, 0.717) is 5.57 Å². The Morgan fingerprint density at radius 1 is 1.33 bits per heavy atom. The molecule has 0 aliphatic carbocycles. The third-order valence-electron chi connectivity index (χ3n) is 5.99. The Morgan fingerprint density at radius 2 is 2.15 bits per heavy atom. The van der Waals surface area contributed by atoms with Gasteiger partial charge in [0, 0.05) is 25.0 Å². The SMILES string of the molecule is C=C[C@H]1CN2CCc3c([n-]c4ccccc34)[C@H]2C[C@@H]1/C(=C\OC)C(=O)OC. The number of benzene rings is 1. The molecule has 0 spiro atoms. The first-order valence-corrected chi connectivity index (χ1v) is 9.39. The van der Waals surface area contributed by atoms with Crippen molar-refractivity contribution in [3.05, 3.63) is 60.0 Å². The Labute approximate surface area is 159 Å². The minimum Gasteiger partial charge on any atom is -0.659 e. The second kappa shape index (κ2) is 7.24. The van der Waals surface area contributed by atoms with E-state index in [2.05, 4.69) is 29.7 Å². The van der Waals surface area contributed by atoms with Crippen LogP contribution in [0, 0.1) is 11.8 Å². The minimum atomic E-state index is -0.334. The molecule has 0 bridgehead atoms. The van der Waals surface area contributed by atoms with Gasteiger partial charge in [-0.25, -0.2) is 4.79 Å². The van der Waals surface area contributed by atoms with Crippen LogP contribution in [0.15, 0.2) is 48.8 Å². The van der Waals surface area contributed by atoms with Gasteiger partial charge >= 0.3 is 5.97 Å². The van der Waals surface area contributed by atoms with Crippen molar-refractivity contribution < 1.29 is 14.3 Å². The first-order valence-electron chi connectivity index (χ1n) is 9.39. The largest absolute Gasteiger partial charge is 0.659 e. The van der Waals surface area contributed by atoms with Crippen molar-refractivity contribution in [3.8, 4) is 0 Å². The zero-order valence-corrected chi connectivity index (χ0v) is 15.9. The lowest BCUT2D eigenvalue weighted by Gasteiger charge is -2.48. The van der Waals surface area contributed by atoms with Gasteiger partial charge in [0.05, 0.1) is 26.1 Å². The van der Waals surface area contributed by atoms with Crippen molar-refractivity contribution in [3.63, 3.8) is 0 Å². The molecule has 1 saturated heterocycles. The molecule has 1 fully saturated rings. The highest BCUT2D eigenvalue weighted by Gasteiger charge is 2.40. The van der Waals surface area contributed by atoms with Crippen molar-refractivity contribution in [2.24, 2.45) is 11.8 Å². The summed E-state index contributed by atoms with van der Waals surface area (Å²) < 4.78 is 10.2. The molecule has 4 rings (SSSR count). The van der Waals surface area contributed by atoms with Crippen LogP contribution in [0.2, 0.25) is 0 Å². The predicted molar refractivity (Wildman–Crippen MR) is 104 cm³/mol. The summed E-state index contributed by atoms with van der Waals surface area (Å²) in [6, 6.07) is 8.55. The van der Waals surface area contributed by atoms with Crippen LogP contribution in [0.3, 0.4) is 0 Å². The highest BCUT2D eigenvalue weighted by molar-refractivity contribution is 5.89. The van der Waals surface area contributed by atoms with Crippen LogP contribution < -0.4 is 4.98 Å². The molecular weight excluding hydrogens is 340 g/mol. The monoisotopic (exact) mass is 365 g/mol. The number of carbonyl (C=O) groups is 1. The number of nitrogens with zero attached hydrogens (tertiary/aromatic N) is 2. The topological polar surface area (TPSA) is 52.9 Å². The lowest BCUT2D eigenvalue weighted by molar-refractivity contribution is -0.137. The highest BCUT2D eigenvalue weighted by atomic mass is 16.5. The van der Waals surface area contributed by atoms with E-state index in [9.17, 15) is 4.79 Å². The van der Waals surface area contributed by atoms with Gasteiger partial charge in [-0.2, -0.15) is 0 Å². The maximum Gasteiger partial charge on any atom is 0.337 e. The Kier molecular flexibility index (Phi) is 4.79. The molecular formula is C22H25N2O3-. The zero-order valence-electron chi connectivity index (χ0n) is 15.9. The van der Waals surface area contributed by atoms with E-state index in [4.69, 9.17) is 14.5 Å².